The van der Waals surface area contributed by atoms with Crippen LogP contribution < -0.4 is 21.7 Å². The standard InChI is InChI=1S/C34H54N4O7S2/c1-4-5-6-7-8-9-10-11-12-13-14-15-16-17-18-19-20-21-22-23-29(41)37-28(31(35)42)26-46-47-34(2,3)30(38-33(44)45)32(43)36-27(24-39)25-40/h5-6,8-9,11-12,14-15,17-18,20-21,27-28,30,38-40H,4,7,10,13,16,19,22-26H2,1-3H3,(H2,35,42)(H,36,43)(H,37,41)(H,44,45)/b6-5-,9-8-,12-11-,15-14-,18-17-,21-20-. The molecule has 0 radical (unpaired) electrons. The van der Waals surface area contributed by atoms with E-state index in [1.165, 1.54) is 0 Å². The lowest BCUT2D eigenvalue weighted by atomic mass is 10.0. The molecule has 47 heavy (non-hydrogen) atoms. The highest BCUT2D eigenvalue weighted by Crippen LogP contribution is 2.38. The highest BCUT2D eigenvalue weighted by Gasteiger charge is 2.38. The van der Waals surface area contributed by atoms with Crippen LogP contribution in [0, 0.1) is 0 Å². The van der Waals surface area contributed by atoms with Gasteiger partial charge in [-0.25, -0.2) is 4.79 Å². The van der Waals surface area contributed by atoms with Crippen LogP contribution in [0.4, 0.5) is 4.79 Å². The van der Waals surface area contributed by atoms with E-state index in [1.807, 2.05) is 12.2 Å². The number of primary amides is 1. The van der Waals surface area contributed by atoms with E-state index in [0.717, 1.165) is 60.1 Å². The minimum atomic E-state index is -1.43. The van der Waals surface area contributed by atoms with E-state index in [9.17, 15) is 34.5 Å². The lowest BCUT2D eigenvalue weighted by Crippen LogP contribution is -2.58. The van der Waals surface area contributed by atoms with Crippen LogP contribution in [0.5, 0.6) is 0 Å². The molecule has 11 nitrogen and oxygen atoms in total. The molecule has 264 valence electrons. The highest BCUT2D eigenvalue weighted by molar-refractivity contribution is 8.77. The highest BCUT2D eigenvalue weighted by atomic mass is 33.1. The number of nitrogens with one attached hydrogen (secondary N) is 3. The van der Waals surface area contributed by atoms with Crippen molar-refractivity contribution >= 4 is 45.4 Å². The number of carbonyl (C=O) groups excluding carboxylic acids is 3. The van der Waals surface area contributed by atoms with Crippen molar-refractivity contribution in [3.63, 3.8) is 0 Å². The number of hydrogen-bond donors (Lipinski definition) is 7. The lowest BCUT2D eigenvalue weighted by Gasteiger charge is -2.33. The van der Waals surface area contributed by atoms with Crippen LogP contribution in [-0.4, -0.2) is 81.0 Å². The van der Waals surface area contributed by atoms with Crippen LogP contribution in [0.2, 0.25) is 0 Å². The van der Waals surface area contributed by atoms with Crippen LogP contribution in [0.15, 0.2) is 72.9 Å². The molecule has 0 aromatic rings. The van der Waals surface area contributed by atoms with Crippen molar-refractivity contribution in [1.82, 2.24) is 16.0 Å². The molecular weight excluding hydrogens is 641 g/mol. The second kappa shape index (κ2) is 27.8. The predicted molar refractivity (Wildman–Crippen MR) is 194 cm³/mol. The van der Waals surface area contributed by atoms with E-state index < -0.39 is 54.0 Å². The second-order valence-electron chi connectivity index (χ2n) is 10.9. The molecule has 0 heterocycles. The van der Waals surface area contributed by atoms with Crippen LogP contribution in [-0.2, 0) is 14.4 Å². The number of carbonyl (C=O) groups is 4. The van der Waals surface area contributed by atoms with Crippen molar-refractivity contribution in [3.05, 3.63) is 72.9 Å². The summed E-state index contributed by atoms with van der Waals surface area (Å²) in [6, 6.07) is -3.16. The monoisotopic (exact) mass is 694 g/mol. The van der Waals surface area contributed by atoms with Crippen LogP contribution in [0.25, 0.3) is 0 Å². The zero-order valence-corrected chi connectivity index (χ0v) is 29.4. The van der Waals surface area contributed by atoms with Gasteiger partial charge < -0.3 is 37.0 Å². The van der Waals surface area contributed by atoms with Gasteiger partial charge in [0.1, 0.15) is 12.1 Å². The Morgan fingerprint density at radius 2 is 1.21 bits per heavy atom. The zero-order chi connectivity index (χ0) is 35.3. The van der Waals surface area contributed by atoms with Gasteiger partial charge in [0.05, 0.1) is 24.0 Å². The summed E-state index contributed by atoms with van der Waals surface area (Å²) in [5.41, 5.74) is 5.49. The minimum absolute atomic E-state index is 0.0897. The van der Waals surface area contributed by atoms with E-state index >= 15 is 0 Å². The Bertz CT molecular complexity index is 1100. The molecular formula is C34H54N4O7S2. The summed E-state index contributed by atoms with van der Waals surface area (Å²) in [4.78, 5) is 48.4. The first-order chi connectivity index (χ1) is 22.5. The maximum Gasteiger partial charge on any atom is 0.405 e. The van der Waals surface area contributed by atoms with E-state index in [0.29, 0.717) is 6.42 Å². The molecule has 0 aromatic heterocycles. The Hall–Kier alpha value is -3.26. The van der Waals surface area contributed by atoms with Crippen molar-refractivity contribution in [2.45, 2.75) is 95.0 Å². The Labute approximate surface area is 287 Å². The number of aliphatic hydroxyl groups excluding tert-OH is 2. The van der Waals surface area contributed by atoms with Gasteiger partial charge in [0, 0.05) is 12.2 Å². The van der Waals surface area contributed by atoms with Gasteiger partial charge in [0.15, 0.2) is 0 Å². The first-order valence-corrected chi connectivity index (χ1v) is 18.1. The van der Waals surface area contributed by atoms with Crippen molar-refractivity contribution in [2.75, 3.05) is 19.0 Å². The average molecular weight is 695 g/mol. The predicted octanol–water partition coefficient (Wildman–Crippen LogP) is 4.70. The van der Waals surface area contributed by atoms with Crippen molar-refractivity contribution in [3.8, 4) is 0 Å². The molecule has 0 saturated carbocycles. The van der Waals surface area contributed by atoms with Gasteiger partial charge in [-0.3, -0.25) is 14.4 Å². The molecule has 4 amide bonds. The molecule has 0 bridgehead atoms. The Morgan fingerprint density at radius 3 is 1.64 bits per heavy atom. The zero-order valence-electron chi connectivity index (χ0n) is 27.8. The smallest absolute Gasteiger partial charge is 0.405 e. The van der Waals surface area contributed by atoms with Gasteiger partial charge in [-0.1, -0.05) is 101 Å². The summed E-state index contributed by atoms with van der Waals surface area (Å²) in [6.07, 6.45) is 30.1. The molecule has 0 fully saturated rings. The van der Waals surface area contributed by atoms with Gasteiger partial charge in [0.25, 0.3) is 0 Å². The van der Waals surface area contributed by atoms with E-state index in [1.54, 1.807) is 13.8 Å². The number of carboxylic acid groups (broad SMARTS) is 1. The molecule has 2 unspecified atom stereocenters. The number of allylic oxidation sites excluding steroid dienone is 12. The van der Waals surface area contributed by atoms with Crippen LogP contribution in [0.3, 0.4) is 0 Å². The summed E-state index contributed by atoms with van der Waals surface area (Å²) in [7, 11) is 2.28. The number of amides is 4. The fraction of sp³-hybridized carbons (Fsp3) is 0.529. The largest absolute Gasteiger partial charge is 0.465 e. The quantitative estimate of drug-likeness (QED) is 0.0497. The van der Waals surface area contributed by atoms with Gasteiger partial charge in [-0.05, 0) is 58.8 Å². The van der Waals surface area contributed by atoms with E-state index in [2.05, 4.69) is 83.6 Å². The third kappa shape index (κ3) is 23.7. The third-order valence-electron chi connectivity index (χ3n) is 6.33. The normalized spacial score (nSPS) is 13.9. The number of hydrogen-bond acceptors (Lipinski definition) is 8. The van der Waals surface area contributed by atoms with Crippen molar-refractivity contribution < 1.29 is 34.5 Å². The Kier molecular flexibility index (Phi) is 25.9. The van der Waals surface area contributed by atoms with Gasteiger partial charge in [-0.2, -0.15) is 0 Å². The molecule has 0 aliphatic heterocycles. The van der Waals surface area contributed by atoms with Crippen LogP contribution in [0.1, 0.15) is 72.1 Å². The lowest BCUT2D eigenvalue weighted by molar-refractivity contribution is -0.126. The van der Waals surface area contributed by atoms with Crippen LogP contribution >= 0.6 is 21.6 Å². The van der Waals surface area contributed by atoms with Gasteiger partial charge in [-0.15, -0.1) is 0 Å². The number of nitrogens with two attached hydrogens (primary N) is 1. The maximum atomic E-state index is 12.7. The van der Waals surface area contributed by atoms with Crippen molar-refractivity contribution in [2.24, 2.45) is 5.73 Å². The molecule has 0 aromatic carbocycles. The van der Waals surface area contributed by atoms with Crippen molar-refractivity contribution in [1.29, 1.82) is 0 Å². The third-order valence-corrected chi connectivity index (χ3v) is 9.64. The molecule has 2 atom stereocenters. The maximum absolute atomic E-state index is 12.7. The first kappa shape index (κ1) is 43.7. The minimum Gasteiger partial charge on any atom is -0.465 e. The molecule has 8 N–H and O–H groups in total. The first-order valence-electron chi connectivity index (χ1n) is 15.8. The summed E-state index contributed by atoms with van der Waals surface area (Å²) < 4.78 is -1.02. The molecule has 0 spiro atoms. The molecule has 0 aliphatic carbocycles. The van der Waals surface area contributed by atoms with Gasteiger partial charge in [0.2, 0.25) is 17.7 Å². The number of rotatable bonds is 26. The SMILES string of the molecule is CC/C=C\C/C=C\C/C=C\C/C=C\C/C=C\C/C=C\CCC(=O)NC(CSSC(C)(C)C(NC(=O)O)C(=O)NC(CO)CO)C(N)=O. The molecule has 0 aliphatic rings. The summed E-state index contributed by atoms with van der Waals surface area (Å²) in [5.74, 6) is -1.69. The van der Waals surface area contributed by atoms with E-state index in [-0.39, 0.29) is 18.1 Å². The second-order valence-corrected chi connectivity index (χ2v) is 13.9. The number of aliphatic hydroxyl groups is 2. The Balaban J connectivity index is 4.47. The molecule has 0 rings (SSSR count). The molecule has 13 heteroatoms. The fourth-order valence-corrected chi connectivity index (χ4v) is 6.56. The topological polar surface area (TPSA) is 191 Å². The summed E-state index contributed by atoms with van der Waals surface area (Å²) in [6.45, 7) is 4.33. The average Bonchev–Trinajstić information content (AvgIpc) is 3.02. The van der Waals surface area contributed by atoms with Gasteiger partial charge >= 0.3 is 6.09 Å². The Morgan fingerprint density at radius 1 is 0.745 bits per heavy atom. The summed E-state index contributed by atoms with van der Waals surface area (Å²) >= 11 is 0. The summed E-state index contributed by atoms with van der Waals surface area (Å²) in [5, 5.41) is 34.9. The molecule has 0 saturated heterocycles. The van der Waals surface area contributed by atoms with E-state index in [4.69, 9.17) is 5.73 Å². The fourth-order valence-electron chi connectivity index (χ4n) is 3.73.